The molecule has 1 unspecified atom stereocenters. The molecule has 2 aromatic carbocycles. The standard InChI is InChI=1S/C22H26N2O3/c1-3-18-11-6-7-14-24(18)22(26)17-10-8-9-16(15-17)21(25)23-19-12-4-5-13-20(19)27-2/h4-5,8-10,12-13,15,18H,3,6-7,11,14H2,1-2H3,(H,23,25). The average Bonchev–Trinajstić information content (AvgIpc) is 2.73. The molecule has 27 heavy (non-hydrogen) atoms. The quantitative estimate of drug-likeness (QED) is 0.856. The van der Waals surface area contributed by atoms with Crippen LogP contribution in [0.15, 0.2) is 48.5 Å². The van der Waals surface area contributed by atoms with Gasteiger partial charge in [0.1, 0.15) is 5.75 Å². The number of likely N-dealkylation sites (tertiary alicyclic amines) is 1. The lowest BCUT2D eigenvalue weighted by molar-refractivity contribution is 0.0608. The normalized spacial score (nSPS) is 16.7. The monoisotopic (exact) mass is 366 g/mol. The number of carbonyl (C=O) groups is 2. The van der Waals surface area contributed by atoms with E-state index in [0.29, 0.717) is 22.6 Å². The second-order valence-electron chi connectivity index (χ2n) is 6.79. The van der Waals surface area contributed by atoms with Gasteiger partial charge in [-0.3, -0.25) is 9.59 Å². The van der Waals surface area contributed by atoms with E-state index in [2.05, 4.69) is 12.2 Å². The summed E-state index contributed by atoms with van der Waals surface area (Å²) in [7, 11) is 1.56. The predicted octanol–water partition coefficient (Wildman–Crippen LogP) is 4.35. The van der Waals surface area contributed by atoms with Crippen LogP contribution < -0.4 is 10.1 Å². The highest BCUT2D eigenvalue weighted by Gasteiger charge is 2.26. The number of ether oxygens (including phenoxy) is 1. The molecule has 1 atom stereocenters. The molecule has 0 aromatic heterocycles. The molecule has 2 aromatic rings. The lowest BCUT2D eigenvalue weighted by atomic mass is 9.98. The second-order valence-corrected chi connectivity index (χ2v) is 6.79. The first-order valence-electron chi connectivity index (χ1n) is 9.49. The molecule has 1 fully saturated rings. The van der Waals surface area contributed by atoms with Gasteiger partial charge in [0.2, 0.25) is 0 Å². The van der Waals surface area contributed by atoms with Crippen LogP contribution in [0.1, 0.15) is 53.3 Å². The fourth-order valence-corrected chi connectivity index (χ4v) is 3.59. The van der Waals surface area contributed by atoms with Crippen molar-refractivity contribution >= 4 is 17.5 Å². The summed E-state index contributed by atoms with van der Waals surface area (Å²) >= 11 is 0. The number of carbonyl (C=O) groups excluding carboxylic acids is 2. The van der Waals surface area contributed by atoms with E-state index in [9.17, 15) is 9.59 Å². The smallest absolute Gasteiger partial charge is 0.255 e. The number of hydrogen-bond donors (Lipinski definition) is 1. The Morgan fingerprint density at radius 3 is 2.67 bits per heavy atom. The molecular weight excluding hydrogens is 340 g/mol. The molecule has 5 heteroatoms. The van der Waals surface area contributed by atoms with E-state index in [-0.39, 0.29) is 17.9 Å². The van der Waals surface area contributed by atoms with Crippen molar-refractivity contribution in [2.75, 3.05) is 19.0 Å². The zero-order chi connectivity index (χ0) is 19.2. The first-order chi connectivity index (χ1) is 13.1. The van der Waals surface area contributed by atoms with Gasteiger partial charge in [-0.1, -0.05) is 25.1 Å². The van der Waals surface area contributed by atoms with Crippen LogP contribution in [-0.2, 0) is 0 Å². The maximum absolute atomic E-state index is 13.0. The molecule has 1 aliphatic heterocycles. The number of rotatable bonds is 5. The fourth-order valence-electron chi connectivity index (χ4n) is 3.59. The number of nitrogens with zero attached hydrogens (tertiary/aromatic N) is 1. The number of hydrogen-bond acceptors (Lipinski definition) is 3. The van der Waals surface area contributed by atoms with Crippen molar-refractivity contribution in [3.63, 3.8) is 0 Å². The lowest BCUT2D eigenvalue weighted by Crippen LogP contribution is -2.43. The summed E-state index contributed by atoms with van der Waals surface area (Å²) in [5, 5.41) is 2.85. The molecule has 1 heterocycles. The maximum atomic E-state index is 13.0. The van der Waals surface area contributed by atoms with Crippen LogP contribution in [-0.4, -0.2) is 36.4 Å². The van der Waals surface area contributed by atoms with Crippen molar-refractivity contribution in [3.05, 3.63) is 59.7 Å². The number of piperidine rings is 1. The topological polar surface area (TPSA) is 58.6 Å². The Labute approximate surface area is 160 Å². The van der Waals surface area contributed by atoms with Crippen molar-refractivity contribution in [1.82, 2.24) is 4.90 Å². The molecule has 3 rings (SSSR count). The number of benzene rings is 2. The van der Waals surface area contributed by atoms with Crippen molar-refractivity contribution in [2.45, 2.75) is 38.6 Å². The summed E-state index contributed by atoms with van der Waals surface area (Å²) in [6, 6.07) is 14.5. The Kier molecular flexibility index (Phi) is 6.12. The third-order valence-electron chi connectivity index (χ3n) is 5.09. The van der Waals surface area contributed by atoms with Crippen LogP contribution in [0, 0.1) is 0 Å². The molecule has 5 nitrogen and oxygen atoms in total. The van der Waals surface area contributed by atoms with E-state index in [1.54, 1.807) is 43.5 Å². The molecular formula is C22H26N2O3. The third-order valence-corrected chi connectivity index (χ3v) is 5.09. The highest BCUT2D eigenvalue weighted by Crippen LogP contribution is 2.25. The van der Waals surface area contributed by atoms with Crippen molar-refractivity contribution in [1.29, 1.82) is 0 Å². The molecule has 1 N–H and O–H groups in total. The van der Waals surface area contributed by atoms with Gasteiger partial charge >= 0.3 is 0 Å². The van der Waals surface area contributed by atoms with Crippen LogP contribution in [0.2, 0.25) is 0 Å². The van der Waals surface area contributed by atoms with Gasteiger partial charge in [0.05, 0.1) is 12.8 Å². The van der Waals surface area contributed by atoms with E-state index < -0.39 is 0 Å². The predicted molar refractivity (Wildman–Crippen MR) is 106 cm³/mol. The third kappa shape index (κ3) is 4.30. The Balaban J connectivity index is 1.78. The fraction of sp³-hybridized carbons (Fsp3) is 0.364. The van der Waals surface area contributed by atoms with Crippen LogP contribution in [0.5, 0.6) is 5.75 Å². The zero-order valence-electron chi connectivity index (χ0n) is 15.9. The largest absolute Gasteiger partial charge is 0.495 e. The van der Waals surface area contributed by atoms with Crippen molar-refractivity contribution in [3.8, 4) is 5.75 Å². The summed E-state index contributed by atoms with van der Waals surface area (Å²) < 4.78 is 5.27. The van der Waals surface area contributed by atoms with E-state index in [1.807, 2.05) is 17.0 Å². The number of amides is 2. The van der Waals surface area contributed by atoms with E-state index >= 15 is 0 Å². The summed E-state index contributed by atoms with van der Waals surface area (Å²) in [5.74, 6) is 0.338. The summed E-state index contributed by atoms with van der Waals surface area (Å²) in [5.41, 5.74) is 1.61. The minimum absolute atomic E-state index is 0.00786. The molecule has 1 aliphatic rings. The SMILES string of the molecule is CCC1CCCCN1C(=O)c1cccc(C(=O)Nc2ccccc2OC)c1. The highest BCUT2D eigenvalue weighted by molar-refractivity contribution is 6.06. The Morgan fingerprint density at radius 1 is 1.11 bits per heavy atom. The number of nitrogens with one attached hydrogen (secondary N) is 1. The van der Waals surface area contributed by atoms with Gasteiger partial charge < -0.3 is 15.0 Å². The molecule has 0 bridgehead atoms. The molecule has 0 saturated carbocycles. The van der Waals surface area contributed by atoms with Gasteiger partial charge in [0, 0.05) is 23.7 Å². The first-order valence-corrected chi connectivity index (χ1v) is 9.49. The maximum Gasteiger partial charge on any atom is 0.255 e. The van der Waals surface area contributed by atoms with Gasteiger partial charge in [-0.05, 0) is 56.0 Å². The van der Waals surface area contributed by atoms with Gasteiger partial charge in [-0.15, -0.1) is 0 Å². The van der Waals surface area contributed by atoms with Crippen LogP contribution >= 0.6 is 0 Å². The Bertz CT molecular complexity index is 819. The highest BCUT2D eigenvalue weighted by atomic mass is 16.5. The van der Waals surface area contributed by atoms with Crippen LogP contribution in [0.3, 0.4) is 0 Å². The average molecular weight is 366 g/mol. The molecule has 0 radical (unpaired) electrons. The minimum Gasteiger partial charge on any atom is -0.495 e. The summed E-state index contributed by atoms with van der Waals surface area (Å²) in [6.45, 7) is 2.91. The van der Waals surface area contributed by atoms with E-state index in [1.165, 1.54) is 6.42 Å². The van der Waals surface area contributed by atoms with Crippen LogP contribution in [0.4, 0.5) is 5.69 Å². The first kappa shape index (κ1) is 19.0. The lowest BCUT2D eigenvalue weighted by Gasteiger charge is -2.35. The Morgan fingerprint density at radius 2 is 1.89 bits per heavy atom. The van der Waals surface area contributed by atoms with Crippen LogP contribution in [0.25, 0.3) is 0 Å². The molecule has 142 valence electrons. The minimum atomic E-state index is -0.264. The van der Waals surface area contributed by atoms with Crippen molar-refractivity contribution < 1.29 is 14.3 Å². The number of anilines is 1. The van der Waals surface area contributed by atoms with Gasteiger partial charge in [-0.2, -0.15) is 0 Å². The van der Waals surface area contributed by atoms with E-state index in [0.717, 1.165) is 25.8 Å². The molecule has 1 saturated heterocycles. The molecule has 0 spiro atoms. The number of para-hydroxylation sites is 2. The molecule has 0 aliphatic carbocycles. The number of methoxy groups -OCH3 is 1. The van der Waals surface area contributed by atoms with Gasteiger partial charge in [0.15, 0.2) is 0 Å². The second kappa shape index (κ2) is 8.71. The van der Waals surface area contributed by atoms with Gasteiger partial charge in [0.25, 0.3) is 11.8 Å². The van der Waals surface area contributed by atoms with Gasteiger partial charge in [-0.25, -0.2) is 0 Å². The summed E-state index contributed by atoms with van der Waals surface area (Å²) in [4.78, 5) is 27.6. The molecule has 2 amide bonds. The summed E-state index contributed by atoms with van der Waals surface area (Å²) in [6.07, 6.45) is 4.22. The Hall–Kier alpha value is -2.82. The van der Waals surface area contributed by atoms with Crippen molar-refractivity contribution in [2.24, 2.45) is 0 Å². The van der Waals surface area contributed by atoms with E-state index in [4.69, 9.17) is 4.74 Å². The zero-order valence-corrected chi connectivity index (χ0v) is 15.9.